The van der Waals surface area contributed by atoms with Crippen LogP contribution in [0, 0.1) is 17.7 Å². The fourth-order valence-corrected chi connectivity index (χ4v) is 4.90. The molecular formula is C27H36FN3O4. The average molecular weight is 486 g/mol. The lowest BCUT2D eigenvalue weighted by atomic mass is 9.97. The topological polar surface area (TPSA) is 75.1 Å². The van der Waals surface area contributed by atoms with Gasteiger partial charge in [0.1, 0.15) is 17.5 Å². The highest BCUT2D eigenvalue weighted by Gasteiger charge is 2.34. The molecular weight excluding hydrogens is 449 g/mol. The summed E-state index contributed by atoms with van der Waals surface area (Å²) in [4.78, 5) is 22.1. The number of carbonyl (C=O) groups excluding carboxylic acids is 1. The highest BCUT2D eigenvalue weighted by molar-refractivity contribution is 5.98. The lowest BCUT2D eigenvalue weighted by Crippen LogP contribution is -2.50. The highest BCUT2D eigenvalue weighted by Crippen LogP contribution is 2.30. The number of likely N-dealkylation sites (N-methyl/N-ethyl adjacent to an activating group) is 1. The summed E-state index contributed by atoms with van der Waals surface area (Å²) < 4.78 is 25.7. The molecule has 0 spiro atoms. The van der Waals surface area contributed by atoms with E-state index in [-0.39, 0.29) is 42.3 Å². The maximum atomic E-state index is 13.8. The standard InChI is InChI=1S/C27H36FN3O4/c1-18-14-31(19(2)17-32)27(33)24-12-22(21-5-4-6-23(28)11-21)13-29-26(24)35-25(18)16-30(3)15-20-7-9-34-10-8-20/h4-6,11-13,18-20,25,32H,7-10,14-17H2,1-3H3/t18-,19+,25-/m0/s1. The molecule has 1 amide bonds. The minimum Gasteiger partial charge on any atom is -0.472 e. The van der Waals surface area contributed by atoms with E-state index in [0.717, 1.165) is 32.6 Å². The quantitative estimate of drug-likeness (QED) is 0.648. The number of carbonyl (C=O) groups is 1. The fourth-order valence-electron chi connectivity index (χ4n) is 4.90. The molecule has 1 fully saturated rings. The molecule has 4 rings (SSSR count). The first-order valence-electron chi connectivity index (χ1n) is 12.5. The molecule has 1 aromatic carbocycles. The van der Waals surface area contributed by atoms with E-state index in [2.05, 4.69) is 23.9 Å². The van der Waals surface area contributed by atoms with Crippen molar-refractivity contribution < 1.29 is 23.8 Å². The zero-order valence-corrected chi connectivity index (χ0v) is 20.8. The number of hydrogen-bond donors (Lipinski definition) is 1. The molecule has 3 atom stereocenters. The molecule has 7 nitrogen and oxygen atoms in total. The Kier molecular flexibility index (Phi) is 8.36. The lowest BCUT2D eigenvalue weighted by Gasteiger charge is -2.38. The van der Waals surface area contributed by atoms with Crippen molar-refractivity contribution in [3.63, 3.8) is 0 Å². The Hall–Kier alpha value is -2.55. The monoisotopic (exact) mass is 485 g/mol. The third-order valence-electron chi connectivity index (χ3n) is 7.08. The molecule has 1 N–H and O–H groups in total. The van der Waals surface area contributed by atoms with Crippen molar-refractivity contribution in [2.45, 2.75) is 38.8 Å². The summed E-state index contributed by atoms with van der Waals surface area (Å²) in [6.07, 6.45) is 3.56. The van der Waals surface area contributed by atoms with E-state index < -0.39 is 0 Å². The Morgan fingerprint density at radius 1 is 1.23 bits per heavy atom. The molecule has 0 saturated carbocycles. The summed E-state index contributed by atoms with van der Waals surface area (Å²) in [5.74, 6) is 0.315. The number of aromatic nitrogens is 1. The predicted octanol–water partition coefficient (Wildman–Crippen LogP) is 3.47. The molecule has 2 aliphatic rings. The van der Waals surface area contributed by atoms with Gasteiger partial charge in [0, 0.05) is 50.5 Å². The number of rotatable bonds is 7. The number of nitrogens with zero attached hydrogens (tertiary/aromatic N) is 3. The van der Waals surface area contributed by atoms with Crippen LogP contribution in [0.4, 0.5) is 4.39 Å². The van der Waals surface area contributed by atoms with Gasteiger partial charge in [-0.1, -0.05) is 19.1 Å². The van der Waals surface area contributed by atoms with Gasteiger partial charge in [-0.3, -0.25) is 4.79 Å². The second-order valence-corrected chi connectivity index (χ2v) is 9.99. The van der Waals surface area contributed by atoms with E-state index in [9.17, 15) is 14.3 Å². The van der Waals surface area contributed by atoms with Gasteiger partial charge >= 0.3 is 0 Å². The molecule has 8 heteroatoms. The van der Waals surface area contributed by atoms with Crippen LogP contribution in [0.25, 0.3) is 11.1 Å². The third kappa shape index (κ3) is 6.18. The summed E-state index contributed by atoms with van der Waals surface area (Å²) in [5.41, 5.74) is 1.60. The predicted molar refractivity (Wildman–Crippen MR) is 132 cm³/mol. The molecule has 35 heavy (non-hydrogen) atoms. The number of aliphatic hydroxyl groups is 1. The number of fused-ring (bicyclic) bond motifs is 1. The molecule has 0 aliphatic carbocycles. The van der Waals surface area contributed by atoms with Crippen molar-refractivity contribution in [3.05, 3.63) is 47.9 Å². The molecule has 0 radical (unpaired) electrons. The SMILES string of the molecule is C[C@H](CO)N1C[C@H](C)[C@H](CN(C)CC2CCOCC2)Oc2ncc(-c3cccc(F)c3)cc2C1=O. The second-order valence-electron chi connectivity index (χ2n) is 9.99. The maximum absolute atomic E-state index is 13.8. The molecule has 1 saturated heterocycles. The second kappa shape index (κ2) is 11.5. The molecule has 0 unspecified atom stereocenters. The van der Waals surface area contributed by atoms with Gasteiger partial charge in [0.25, 0.3) is 5.91 Å². The van der Waals surface area contributed by atoms with Crippen molar-refractivity contribution in [1.82, 2.24) is 14.8 Å². The molecule has 2 aromatic rings. The van der Waals surface area contributed by atoms with Crippen LogP contribution < -0.4 is 4.74 Å². The van der Waals surface area contributed by atoms with Crippen LogP contribution in [0.15, 0.2) is 36.5 Å². The highest BCUT2D eigenvalue weighted by atomic mass is 19.1. The Bertz CT molecular complexity index is 1010. The minimum atomic E-state index is -0.353. The number of aliphatic hydroxyl groups excluding tert-OH is 1. The van der Waals surface area contributed by atoms with E-state index in [0.29, 0.717) is 35.7 Å². The Morgan fingerprint density at radius 3 is 2.71 bits per heavy atom. The Labute approximate surface area is 206 Å². The Balaban J connectivity index is 1.62. The van der Waals surface area contributed by atoms with Gasteiger partial charge in [-0.05, 0) is 56.5 Å². The van der Waals surface area contributed by atoms with Crippen LogP contribution in [0.3, 0.4) is 0 Å². The van der Waals surface area contributed by atoms with Crippen LogP contribution in [0.5, 0.6) is 5.88 Å². The summed E-state index contributed by atoms with van der Waals surface area (Å²) in [7, 11) is 2.10. The third-order valence-corrected chi connectivity index (χ3v) is 7.08. The van der Waals surface area contributed by atoms with Gasteiger partial charge in [0.15, 0.2) is 0 Å². The number of pyridine rings is 1. The first kappa shape index (κ1) is 25.5. The minimum absolute atomic E-state index is 0.0305. The first-order chi connectivity index (χ1) is 16.9. The number of ether oxygens (including phenoxy) is 2. The van der Waals surface area contributed by atoms with Gasteiger partial charge in [-0.2, -0.15) is 0 Å². The number of hydrogen-bond acceptors (Lipinski definition) is 6. The van der Waals surface area contributed by atoms with Gasteiger partial charge < -0.3 is 24.4 Å². The van der Waals surface area contributed by atoms with Crippen LogP contribution in [-0.2, 0) is 4.74 Å². The summed E-state index contributed by atoms with van der Waals surface area (Å²) in [5, 5.41) is 9.86. The smallest absolute Gasteiger partial charge is 0.259 e. The summed E-state index contributed by atoms with van der Waals surface area (Å²) in [6.45, 7) is 7.52. The number of halogens is 1. The van der Waals surface area contributed by atoms with Crippen LogP contribution in [0.2, 0.25) is 0 Å². The molecule has 3 heterocycles. The lowest BCUT2D eigenvalue weighted by molar-refractivity contribution is 0.0254. The van der Waals surface area contributed by atoms with Gasteiger partial charge in [0.05, 0.1) is 12.6 Å². The summed E-state index contributed by atoms with van der Waals surface area (Å²) in [6, 6.07) is 7.58. The van der Waals surface area contributed by atoms with E-state index in [1.54, 1.807) is 29.3 Å². The van der Waals surface area contributed by atoms with E-state index in [1.165, 1.54) is 12.1 Å². The van der Waals surface area contributed by atoms with E-state index in [4.69, 9.17) is 9.47 Å². The van der Waals surface area contributed by atoms with Crippen molar-refractivity contribution in [1.29, 1.82) is 0 Å². The van der Waals surface area contributed by atoms with E-state index in [1.807, 2.05) is 6.92 Å². The number of amides is 1. The van der Waals surface area contributed by atoms with Gasteiger partial charge in [-0.15, -0.1) is 0 Å². The maximum Gasteiger partial charge on any atom is 0.259 e. The average Bonchev–Trinajstić information content (AvgIpc) is 2.86. The van der Waals surface area contributed by atoms with Gasteiger partial charge in [0.2, 0.25) is 5.88 Å². The normalized spacial score (nSPS) is 22.3. The van der Waals surface area contributed by atoms with E-state index >= 15 is 0 Å². The van der Waals surface area contributed by atoms with Gasteiger partial charge in [-0.25, -0.2) is 9.37 Å². The van der Waals surface area contributed by atoms with Crippen molar-refractivity contribution >= 4 is 5.91 Å². The zero-order chi connectivity index (χ0) is 24.9. The van der Waals surface area contributed by atoms with Crippen LogP contribution in [-0.4, -0.2) is 84.4 Å². The van der Waals surface area contributed by atoms with Crippen LogP contribution >= 0.6 is 0 Å². The Morgan fingerprint density at radius 2 is 2.00 bits per heavy atom. The van der Waals surface area contributed by atoms with Crippen LogP contribution in [0.1, 0.15) is 37.0 Å². The largest absolute Gasteiger partial charge is 0.472 e. The molecule has 190 valence electrons. The zero-order valence-electron chi connectivity index (χ0n) is 20.8. The summed E-state index contributed by atoms with van der Waals surface area (Å²) >= 11 is 0. The fraction of sp³-hybridized carbons (Fsp3) is 0.556. The molecule has 1 aromatic heterocycles. The van der Waals surface area contributed by atoms with Crippen molar-refractivity contribution in [2.75, 3.05) is 46.5 Å². The number of benzene rings is 1. The molecule has 2 aliphatic heterocycles. The molecule has 0 bridgehead atoms. The first-order valence-corrected chi connectivity index (χ1v) is 12.5. The van der Waals surface area contributed by atoms with Crippen molar-refractivity contribution in [2.24, 2.45) is 11.8 Å². The van der Waals surface area contributed by atoms with Crippen molar-refractivity contribution in [3.8, 4) is 17.0 Å².